The first-order valence-electron chi connectivity index (χ1n) is 3.80. The Morgan fingerprint density at radius 3 is 2.83 bits per heavy atom. The average molecular weight is 180 g/mol. The van der Waals surface area contributed by atoms with Crippen molar-refractivity contribution in [1.29, 1.82) is 0 Å². The molecule has 1 heterocycles. The van der Waals surface area contributed by atoms with Crippen LogP contribution in [-0.2, 0) is 9.47 Å². The quantitative estimate of drug-likeness (QED) is 0.598. The predicted octanol–water partition coefficient (Wildman–Crippen LogP) is -0.561. The Morgan fingerprint density at radius 2 is 2.33 bits per heavy atom. The topological polar surface area (TPSA) is 58.9 Å². The van der Waals surface area contributed by atoms with Gasteiger partial charge in [0.05, 0.1) is 6.61 Å². The van der Waals surface area contributed by atoms with Gasteiger partial charge >= 0.3 is 0 Å². The molecule has 0 saturated carbocycles. The maximum Gasteiger partial charge on any atom is 0.183 e. The Labute approximate surface area is 69.9 Å². The Hall–Kier alpha value is -0.230. The fraction of sp³-hybridized carbons (Fsp3) is 1.00. The maximum absolute atomic E-state index is 12.9. The lowest BCUT2D eigenvalue weighted by molar-refractivity contribution is -0.252. The van der Waals surface area contributed by atoms with Gasteiger partial charge in [0.25, 0.3) is 0 Å². The van der Waals surface area contributed by atoms with Gasteiger partial charge in [-0.05, 0) is 0 Å². The molecule has 1 rings (SSSR count). The molecule has 0 aromatic rings. The lowest BCUT2D eigenvalue weighted by Crippen LogP contribution is -2.47. The van der Waals surface area contributed by atoms with Crippen LogP contribution < -0.4 is 0 Å². The van der Waals surface area contributed by atoms with Crippen LogP contribution in [0.3, 0.4) is 0 Å². The standard InChI is InChI=1S/C7H13FO4/c1-11-7-5(10)2-4(8)6(3-9)12-7/h4-7,9-10H,2-3H2,1H3/t4-,5?,6-,7+/m1/s1. The first-order chi connectivity index (χ1) is 5.69. The molecule has 72 valence electrons. The van der Waals surface area contributed by atoms with E-state index < -0.39 is 31.3 Å². The van der Waals surface area contributed by atoms with Gasteiger partial charge in [-0.2, -0.15) is 0 Å². The van der Waals surface area contributed by atoms with E-state index in [0.29, 0.717) is 0 Å². The molecule has 1 aliphatic heterocycles. The highest BCUT2D eigenvalue weighted by atomic mass is 19.1. The summed E-state index contributed by atoms with van der Waals surface area (Å²) < 4.78 is 22.6. The molecule has 0 spiro atoms. The second-order valence-corrected chi connectivity index (χ2v) is 2.78. The van der Waals surface area contributed by atoms with Crippen LogP contribution in [-0.4, -0.2) is 48.6 Å². The third-order valence-corrected chi connectivity index (χ3v) is 1.91. The average Bonchev–Trinajstić information content (AvgIpc) is 2.05. The molecular weight excluding hydrogens is 167 g/mol. The highest BCUT2D eigenvalue weighted by Crippen LogP contribution is 2.22. The summed E-state index contributed by atoms with van der Waals surface area (Å²) in [4.78, 5) is 0. The zero-order chi connectivity index (χ0) is 9.14. The molecule has 2 N–H and O–H groups in total. The molecule has 0 aromatic heterocycles. The molecule has 0 bridgehead atoms. The number of rotatable bonds is 2. The van der Waals surface area contributed by atoms with Crippen LogP contribution in [0.25, 0.3) is 0 Å². The molecule has 1 fully saturated rings. The van der Waals surface area contributed by atoms with Crippen LogP contribution in [0.4, 0.5) is 4.39 Å². The van der Waals surface area contributed by atoms with Crippen molar-refractivity contribution in [3.8, 4) is 0 Å². The smallest absolute Gasteiger partial charge is 0.183 e. The van der Waals surface area contributed by atoms with Gasteiger partial charge in [0, 0.05) is 13.5 Å². The number of hydrogen-bond donors (Lipinski definition) is 2. The molecule has 4 nitrogen and oxygen atoms in total. The van der Waals surface area contributed by atoms with Gasteiger partial charge < -0.3 is 19.7 Å². The summed E-state index contributed by atoms with van der Waals surface area (Å²) >= 11 is 0. The second-order valence-electron chi connectivity index (χ2n) is 2.78. The van der Waals surface area contributed by atoms with Crippen molar-refractivity contribution in [3.63, 3.8) is 0 Å². The minimum Gasteiger partial charge on any atom is -0.394 e. The summed E-state index contributed by atoms with van der Waals surface area (Å²) in [6, 6.07) is 0. The third-order valence-electron chi connectivity index (χ3n) is 1.91. The number of aliphatic hydroxyl groups is 2. The zero-order valence-corrected chi connectivity index (χ0v) is 6.81. The van der Waals surface area contributed by atoms with Crippen molar-refractivity contribution in [3.05, 3.63) is 0 Å². The van der Waals surface area contributed by atoms with E-state index in [-0.39, 0.29) is 6.42 Å². The maximum atomic E-state index is 12.9. The van der Waals surface area contributed by atoms with E-state index in [1.165, 1.54) is 7.11 Å². The van der Waals surface area contributed by atoms with Gasteiger partial charge in [0.1, 0.15) is 18.4 Å². The molecule has 0 aromatic carbocycles. The normalized spacial score (nSPS) is 43.0. The molecule has 1 aliphatic rings. The first kappa shape index (κ1) is 9.85. The number of halogens is 1. The Morgan fingerprint density at radius 1 is 1.67 bits per heavy atom. The van der Waals surface area contributed by atoms with Crippen molar-refractivity contribution < 1.29 is 24.1 Å². The summed E-state index contributed by atoms with van der Waals surface area (Å²) in [5.74, 6) is 0. The van der Waals surface area contributed by atoms with Crippen molar-refractivity contribution in [2.45, 2.75) is 31.1 Å². The third kappa shape index (κ3) is 1.92. The first-order valence-corrected chi connectivity index (χ1v) is 3.80. The SMILES string of the molecule is CO[C@H]1O[C@H](CO)[C@H](F)CC1O. The fourth-order valence-electron chi connectivity index (χ4n) is 1.21. The van der Waals surface area contributed by atoms with Gasteiger partial charge in [-0.25, -0.2) is 4.39 Å². The molecule has 5 heteroatoms. The van der Waals surface area contributed by atoms with Crippen LogP contribution in [0.5, 0.6) is 0 Å². The van der Waals surface area contributed by atoms with E-state index in [1.54, 1.807) is 0 Å². The van der Waals surface area contributed by atoms with Crippen LogP contribution in [0.1, 0.15) is 6.42 Å². The number of aliphatic hydroxyl groups excluding tert-OH is 2. The van der Waals surface area contributed by atoms with E-state index in [9.17, 15) is 9.50 Å². The van der Waals surface area contributed by atoms with E-state index in [2.05, 4.69) is 0 Å². The fourth-order valence-corrected chi connectivity index (χ4v) is 1.21. The second kappa shape index (κ2) is 4.13. The molecular formula is C7H13FO4. The summed E-state index contributed by atoms with van der Waals surface area (Å²) in [7, 11) is 1.36. The van der Waals surface area contributed by atoms with E-state index >= 15 is 0 Å². The van der Waals surface area contributed by atoms with Crippen LogP contribution >= 0.6 is 0 Å². The van der Waals surface area contributed by atoms with Crippen LogP contribution in [0.15, 0.2) is 0 Å². The molecule has 1 saturated heterocycles. The molecule has 1 unspecified atom stereocenters. The van der Waals surface area contributed by atoms with Gasteiger partial charge in [-0.1, -0.05) is 0 Å². The highest BCUT2D eigenvalue weighted by Gasteiger charge is 2.36. The number of methoxy groups -OCH3 is 1. The largest absolute Gasteiger partial charge is 0.394 e. The molecule has 12 heavy (non-hydrogen) atoms. The van der Waals surface area contributed by atoms with Crippen molar-refractivity contribution >= 4 is 0 Å². The zero-order valence-electron chi connectivity index (χ0n) is 6.81. The van der Waals surface area contributed by atoms with E-state index in [0.717, 1.165) is 0 Å². The molecule has 0 aliphatic carbocycles. The lowest BCUT2D eigenvalue weighted by Gasteiger charge is -2.34. The van der Waals surface area contributed by atoms with Gasteiger partial charge in [0.2, 0.25) is 0 Å². The monoisotopic (exact) mass is 180 g/mol. The number of alkyl halides is 1. The summed E-state index contributed by atoms with van der Waals surface area (Å²) in [5.41, 5.74) is 0. The van der Waals surface area contributed by atoms with Crippen LogP contribution in [0.2, 0.25) is 0 Å². The van der Waals surface area contributed by atoms with E-state index in [1.807, 2.05) is 0 Å². The van der Waals surface area contributed by atoms with E-state index in [4.69, 9.17) is 14.6 Å². The summed E-state index contributed by atoms with van der Waals surface area (Å²) in [6.07, 6.45) is -4.03. The predicted molar refractivity (Wildman–Crippen MR) is 38.3 cm³/mol. The minimum atomic E-state index is -1.32. The van der Waals surface area contributed by atoms with Crippen molar-refractivity contribution in [1.82, 2.24) is 0 Å². The molecule has 4 atom stereocenters. The highest BCUT2D eigenvalue weighted by molar-refractivity contribution is 4.80. The minimum absolute atomic E-state index is 0.0519. The Balaban J connectivity index is 2.50. The van der Waals surface area contributed by atoms with Gasteiger partial charge in [0.15, 0.2) is 6.29 Å². The van der Waals surface area contributed by atoms with Gasteiger partial charge in [-0.3, -0.25) is 0 Å². The Bertz CT molecular complexity index is 129. The molecule has 0 amide bonds. The lowest BCUT2D eigenvalue weighted by atomic mass is 10.0. The van der Waals surface area contributed by atoms with Gasteiger partial charge in [-0.15, -0.1) is 0 Å². The van der Waals surface area contributed by atoms with Crippen molar-refractivity contribution in [2.75, 3.05) is 13.7 Å². The number of ether oxygens (including phenoxy) is 2. The van der Waals surface area contributed by atoms with Crippen LogP contribution in [0, 0.1) is 0 Å². The Kier molecular flexibility index (Phi) is 3.39. The molecule has 0 radical (unpaired) electrons. The number of hydrogen-bond acceptors (Lipinski definition) is 4. The summed E-state index contributed by atoms with van der Waals surface area (Å²) in [6.45, 7) is -0.395. The van der Waals surface area contributed by atoms with Crippen molar-refractivity contribution in [2.24, 2.45) is 0 Å². The summed E-state index contributed by atoms with van der Waals surface area (Å²) in [5, 5.41) is 17.8.